The number of nitrogens with zero attached hydrogens (tertiary/aromatic N) is 4. The molecule has 0 spiro atoms. The van der Waals surface area contributed by atoms with Gasteiger partial charge in [-0.2, -0.15) is 5.10 Å². The summed E-state index contributed by atoms with van der Waals surface area (Å²) in [7, 11) is 0. The van der Waals surface area contributed by atoms with E-state index in [1.807, 2.05) is 11.6 Å². The lowest BCUT2D eigenvalue weighted by molar-refractivity contribution is -0.274. The fraction of sp³-hybridized carbons (Fsp3) is 0.450. The fourth-order valence-electron chi connectivity index (χ4n) is 3.69. The Labute approximate surface area is 166 Å². The lowest BCUT2D eigenvalue weighted by Crippen LogP contribution is -2.35. The van der Waals surface area contributed by atoms with Gasteiger partial charge in [0.05, 0.1) is 30.4 Å². The fourth-order valence-corrected chi connectivity index (χ4v) is 3.69. The second kappa shape index (κ2) is 6.33. The third kappa shape index (κ3) is 3.18. The molecule has 0 saturated carbocycles. The van der Waals surface area contributed by atoms with Crippen molar-refractivity contribution in [2.75, 3.05) is 0 Å². The van der Waals surface area contributed by atoms with Gasteiger partial charge in [0.2, 0.25) is 0 Å². The summed E-state index contributed by atoms with van der Waals surface area (Å²) in [5.41, 5.74) is 2.27. The molecule has 0 aliphatic carbocycles. The molecule has 1 amide bonds. The molecule has 0 fully saturated rings. The van der Waals surface area contributed by atoms with E-state index in [1.54, 1.807) is 0 Å². The molecule has 6 nitrogen and oxygen atoms in total. The predicted molar refractivity (Wildman–Crippen MR) is 100 cm³/mol. The Morgan fingerprint density at radius 1 is 1.24 bits per heavy atom. The summed E-state index contributed by atoms with van der Waals surface area (Å²) in [6.45, 7) is 8.74. The number of amides is 1. The molecular weight excluding hydrogens is 385 g/mol. The largest absolute Gasteiger partial charge is 0.573 e. The van der Waals surface area contributed by atoms with Crippen molar-refractivity contribution in [2.45, 2.75) is 53.2 Å². The van der Waals surface area contributed by atoms with Crippen LogP contribution in [0.5, 0.6) is 5.75 Å². The molecule has 3 heterocycles. The highest BCUT2D eigenvalue weighted by Crippen LogP contribution is 2.44. The molecule has 0 N–H and O–H groups in total. The van der Waals surface area contributed by atoms with Crippen molar-refractivity contribution in [3.8, 4) is 5.75 Å². The number of rotatable bonds is 2. The first-order valence-electron chi connectivity index (χ1n) is 9.29. The minimum atomic E-state index is -4.87. The lowest BCUT2D eigenvalue weighted by Gasteiger charge is -2.36. The minimum absolute atomic E-state index is 0.102. The molecule has 2 aliphatic rings. The van der Waals surface area contributed by atoms with Gasteiger partial charge in [-0.3, -0.25) is 4.79 Å². The Bertz CT molecular complexity index is 1020. The Morgan fingerprint density at radius 2 is 1.93 bits per heavy atom. The Morgan fingerprint density at radius 3 is 2.62 bits per heavy atom. The van der Waals surface area contributed by atoms with Crippen LogP contribution in [0.4, 0.5) is 19.0 Å². The number of fused-ring (bicyclic) bond motifs is 3. The zero-order valence-electron chi connectivity index (χ0n) is 16.5. The second-order valence-electron chi connectivity index (χ2n) is 7.99. The van der Waals surface area contributed by atoms with Gasteiger partial charge in [-0.1, -0.05) is 26.0 Å². The lowest BCUT2D eigenvalue weighted by atomic mass is 9.80. The van der Waals surface area contributed by atoms with Gasteiger partial charge >= 0.3 is 6.36 Å². The van der Waals surface area contributed by atoms with E-state index in [0.717, 1.165) is 28.9 Å². The number of hydrogen-bond acceptors (Lipinski definition) is 4. The van der Waals surface area contributed by atoms with Crippen molar-refractivity contribution in [1.82, 2.24) is 14.7 Å². The highest BCUT2D eigenvalue weighted by atomic mass is 19.4. The van der Waals surface area contributed by atoms with Crippen LogP contribution in [0.2, 0.25) is 0 Å². The van der Waals surface area contributed by atoms with Gasteiger partial charge in [0.15, 0.2) is 5.82 Å². The van der Waals surface area contributed by atoms with Crippen molar-refractivity contribution in [2.24, 2.45) is 10.4 Å². The highest BCUT2D eigenvalue weighted by molar-refractivity contribution is 5.97. The third-order valence-corrected chi connectivity index (χ3v) is 6.00. The van der Waals surface area contributed by atoms with E-state index in [9.17, 15) is 18.0 Å². The first kappa shape index (κ1) is 19.5. The first-order chi connectivity index (χ1) is 13.5. The van der Waals surface area contributed by atoms with E-state index in [1.165, 1.54) is 23.1 Å². The summed E-state index contributed by atoms with van der Waals surface area (Å²) in [6, 6.07) is 5.47. The smallest absolute Gasteiger partial charge is 0.405 e. The molecule has 1 atom stereocenters. The van der Waals surface area contributed by atoms with Crippen LogP contribution < -0.4 is 4.74 Å². The Hall–Kier alpha value is -2.84. The zero-order chi connectivity index (χ0) is 21.1. The predicted octanol–water partition coefficient (Wildman–Crippen LogP) is 4.63. The Kier molecular flexibility index (Phi) is 4.25. The number of benzene rings is 1. The summed E-state index contributed by atoms with van der Waals surface area (Å²) >= 11 is 0. The van der Waals surface area contributed by atoms with E-state index < -0.39 is 18.0 Å². The van der Waals surface area contributed by atoms with Crippen LogP contribution in [0.3, 0.4) is 0 Å². The number of hydrogen-bond donors (Lipinski definition) is 0. The molecule has 29 heavy (non-hydrogen) atoms. The van der Waals surface area contributed by atoms with Crippen molar-refractivity contribution in [1.29, 1.82) is 0 Å². The highest BCUT2D eigenvalue weighted by Gasteiger charge is 2.40. The first-order valence-corrected chi connectivity index (χ1v) is 9.29. The molecule has 0 saturated heterocycles. The normalized spacial score (nSPS) is 20.2. The number of alkyl halides is 3. The molecule has 0 radical (unpaired) electrons. The number of aliphatic imine (C=N–C) groups is 1. The van der Waals surface area contributed by atoms with Crippen LogP contribution >= 0.6 is 0 Å². The number of halogens is 3. The summed E-state index contributed by atoms with van der Waals surface area (Å²) in [4.78, 5) is 19.1. The van der Waals surface area contributed by atoms with Crippen molar-refractivity contribution < 1.29 is 22.7 Å². The third-order valence-electron chi connectivity index (χ3n) is 6.00. The second-order valence-corrected chi connectivity index (χ2v) is 7.99. The average molecular weight is 406 g/mol. The summed E-state index contributed by atoms with van der Waals surface area (Å²) < 4.78 is 43.9. The average Bonchev–Trinajstić information content (AvgIpc) is 3.18. The standard InChI is InChI=1S/C20H21F3N4O2/c1-11-19(3,4)12(2)27-17(24-11)14-9-26(10-15(14)25-27)18(28)13-7-5-6-8-16(13)29-20(21,22)23/h5-8,12H,9-10H2,1-4H3. The van der Waals surface area contributed by atoms with E-state index in [0.29, 0.717) is 0 Å². The van der Waals surface area contributed by atoms with Gasteiger partial charge in [0.25, 0.3) is 5.91 Å². The molecule has 2 aliphatic heterocycles. The van der Waals surface area contributed by atoms with E-state index in [2.05, 4.69) is 30.6 Å². The van der Waals surface area contributed by atoms with Gasteiger partial charge in [0.1, 0.15) is 5.75 Å². The molecule has 9 heteroatoms. The van der Waals surface area contributed by atoms with E-state index >= 15 is 0 Å². The van der Waals surface area contributed by atoms with Gasteiger partial charge in [0, 0.05) is 16.7 Å². The van der Waals surface area contributed by atoms with Crippen LogP contribution in [0.25, 0.3) is 0 Å². The maximum atomic E-state index is 12.9. The summed E-state index contributed by atoms with van der Waals surface area (Å²) in [5, 5.41) is 4.65. The summed E-state index contributed by atoms with van der Waals surface area (Å²) in [6.07, 6.45) is -4.87. The SMILES string of the molecule is CC1=Nc2c3c(nn2C(C)C1(C)C)CN(C(=O)c1ccccc1OC(F)(F)F)C3. The van der Waals surface area contributed by atoms with Crippen molar-refractivity contribution in [3.63, 3.8) is 0 Å². The quantitative estimate of drug-likeness (QED) is 0.731. The maximum absolute atomic E-state index is 12.9. The molecular formula is C20H21F3N4O2. The number of carbonyl (C=O) groups excluding carboxylic acids is 1. The molecule has 154 valence electrons. The molecule has 1 unspecified atom stereocenters. The van der Waals surface area contributed by atoms with Crippen molar-refractivity contribution in [3.05, 3.63) is 41.1 Å². The monoisotopic (exact) mass is 406 g/mol. The van der Waals surface area contributed by atoms with Gasteiger partial charge in [-0.05, 0) is 26.0 Å². The number of aromatic nitrogens is 2. The van der Waals surface area contributed by atoms with Crippen molar-refractivity contribution >= 4 is 17.4 Å². The van der Waals surface area contributed by atoms with Gasteiger partial charge in [-0.15, -0.1) is 13.2 Å². The molecule has 1 aromatic carbocycles. The van der Waals surface area contributed by atoms with Gasteiger partial charge < -0.3 is 9.64 Å². The van der Waals surface area contributed by atoms with Crippen LogP contribution in [0, 0.1) is 5.41 Å². The van der Waals surface area contributed by atoms with Crippen LogP contribution in [0.1, 0.15) is 55.4 Å². The number of carbonyl (C=O) groups is 1. The van der Waals surface area contributed by atoms with Crippen LogP contribution in [-0.2, 0) is 13.1 Å². The topological polar surface area (TPSA) is 59.7 Å². The molecule has 2 aromatic rings. The molecule has 1 aromatic heterocycles. The number of para-hydroxylation sites is 1. The number of ether oxygens (including phenoxy) is 1. The minimum Gasteiger partial charge on any atom is -0.405 e. The molecule has 4 rings (SSSR count). The zero-order valence-corrected chi connectivity index (χ0v) is 16.5. The maximum Gasteiger partial charge on any atom is 0.573 e. The molecule has 0 bridgehead atoms. The van der Waals surface area contributed by atoms with E-state index in [-0.39, 0.29) is 30.1 Å². The van der Waals surface area contributed by atoms with Gasteiger partial charge in [-0.25, -0.2) is 9.67 Å². The summed E-state index contributed by atoms with van der Waals surface area (Å²) in [5.74, 6) is -0.323. The van der Waals surface area contributed by atoms with Crippen LogP contribution in [0.15, 0.2) is 29.3 Å². The Balaban J connectivity index is 1.63. The van der Waals surface area contributed by atoms with E-state index in [4.69, 9.17) is 4.99 Å². The van der Waals surface area contributed by atoms with Crippen LogP contribution in [-0.4, -0.2) is 32.7 Å².